The van der Waals surface area contributed by atoms with Crippen LogP contribution in [0.5, 0.6) is 0 Å². The van der Waals surface area contributed by atoms with E-state index in [-0.39, 0.29) is 48.5 Å². The molecule has 9 nitrogen and oxygen atoms in total. The molecule has 2 saturated heterocycles. The highest BCUT2D eigenvalue weighted by Gasteiger charge is 2.65. The van der Waals surface area contributed by atoms with Gasteiger partial charge in [0.25, 0.3) is 0 Å². The van der Waals surface area contributed by atoms with Crippen molar-refractivity contribution in [3.8, 4) is 6.07 Å². The van der Waals surface area contributed by atoms with Crippen molar-refractivity contribution < 1.29 is 23.6 Å². The number of benzene rings is 1. The molecule has 9 unspecified atom stereocenters. The van der Waals surface area contributed by atoms with E-state index in [0.29, 0.717) is 31.5 Å². The van der Waals surface area contributed by atoms with Crippen LogP contribution in [0.4, 0.5) is 10.1 Å². The fraction of sp³-hybridized carbons (Fsp3) is 0.621. The number of anilines is 1. The molecule has 6 rings (SSSR count). The molecule has 2 aliphatic carbocycles. The van der Waals surface area contributed by atoms with Crippen LogP contribution in [0.25, 0.3) is 0 Å². The second-order valence-corrected chi connectivity index (χ2v) is 13.1. The zero-order valence-corrected chi connectivity index (χ0v) is 22.4. The molecule has 4 fully saturated rings. The third-order valence-corrected chi connectivity index (χ3v) is 10.1. The first-order valence-electron chi connectivity index (χ1n) is 13.8. The van der Waals surface area contributed by atoms with E-state index < -0.39 is 41.0 Å². The van der Waals surface area contributed by atoms with Crippen molar-refractivity contribution in [1.29, 1.82) is 5.26 Å². The van der Waals surface area contributed by atoms with Crippen molar-refractivity contribution in [3.63, 3.8) is 0 Å². The number of nitriles is 1. The van der Waals surface area contributed by atoms with E-state index in [0.717, 1.165) is 5.56 Å². The lowest BCUT2D eigenvalue weighted by atomic mass is 9.77. The summed E-state index contributed by atoms with van der Waals surface area (Å²) in [6.45, 7) is 5.86. The lowest BCUT2D eigenvalue weighted by molar-refractivity contribution is -0.148. The molecule has 1 aromatic rings. The average Bonchev–Trinajstić information content (AvgIpc) is 3.68. The molecule has 2 bridgehead atoms. The first kappa shape index (κ1) is 25.8. The predicted octanol–water partition coefficient (Wildman–Crippen LogP) is 1.98. The van der Waals surface area contributed by atoms with Crippen LogP contribution in [0.1, 0.15) is 45.6 Å². The monoisotopic (exact) mass is 535 g/mol. The summed E-state index contributed by atoms with van der Waals surface area (Å²) in [5.74, 6) is -1.62. The third kappa shape index (κ3) is 3.61. The lowest BCUT2D eigenvalue weighted by Gasteiger charge is -2.38. The normalized spacial score (nSPS) is 36.9. The van der Waals surface area contributed by atoms with Crippen LogP contribution in [0, 0.1) is 40.4 Å². The van der Waals surface area contributed by atoms with E-state index in [1.807, 2.05) is 39.0 Å². The highest BCUT2D eigenvalue weighted by atomic mass is 19.1. The minimum atomic E-state index is -1.05. The number of alkyl halides is 1. The van der Waals surface area contributed by atoms with Gasteiger partial charge in [-0.15, -0.1) is 0 Å². The standard InChI is InChI=1S/C29H34FN5O4/c1-28(2,3)24(32-14-36)26(38)34-12-18-15-8-17(20(30)9-15)22(18)23(34)25(37)35-13-29(10-16(35)11-31)19-6-4-5-7-21(19)33-27(29)39/h4-7,14-18,20,22-24H,8-10,12-13H2,1-3H3,(H,32,36)(H,33,39). The van der Waals surface area contributed by atoms with Gasteiger partial charge in [0.15, 0.2) is 0 Å². The largest absolute Gasteiger partial charge is 0.346 e. The number of nitrogens with zero attached hydrogens (tertiary/aromatic N) is 3. The molecule has 5 aliphatic rings. The van der Waals surface area contributed by atoms with Crippen LogP contribution in [0.3, 0.4) is 0 Å². The number of halogens is 1. The summed E-state index contributed by atoms with van der Waals surface area (Å²) < 4.78 is 15.1. The summed E-state index contributed by atoms with van der Waals surface area (Å²) in [5.41, 5.74) is -0.241. The Morgan fingerprint density at radius 1 is 1.23 bits per heavy atom. The zero-order valence-electron chi connectivity index (χ0n) is 22.4. The average molecular weight is 536 g/mol. The maximum atomic E-state index is 15.1. The number of carbonyl (C=O) groups is 4. The molecule has 39 heavy (non-hydrogen) atoms. The maximum Gasteiger partial charge on any atom is 0.246 e. The Morgan fingerprint density at radius 3 is 2.67 bits per heavy atom. The maximum absolute atomic E-state index is 15.1. The smallest absolute Gasteiger partial charge is 0.246 e. The van der Waals surface area contributed by atoms with Gasteiger partial charge in [0.05, 0.1) is 11.5 Å². The topological polar surface area (TPSA) is 123 Å². The van der Waals surface area contributed by atoms with Gasteiger partial charge in [-0.25, -0.2) is 4.39 Å². The van der Waals surface area contributed by atoms with Crippen LogP contribution in [0.15, 0.2) is 24.3 Å². The minimum absolute atomic E-state index is 0.00986. The number of likely N-dealkylation sites (tertiary alicyclic amines) is 2. The van der Waals surface area contributed by atoms with Crippen molar-refractivity contribution >= 4 is 29.8 Å². The highest BCUT2D eigenvalue weighted by Crippen LogP contribution is 2.59. The number of nitrogens with one attached hydrogen (secondary N) is 2. The van der Waals surface area contributed by atoms with Crippen molar-refractivity contribution in [2.75, 3.05) is 18.4 Å². The van der Waals surface area contributed by atoms with Gasteiger partial charge in [-0.1, -0.05) is 39.0 Å². The molecular weight excluding hydrogens is 501 g/mol. The second-order valence-electron chi connectivity index (χ2n) is 13.1. The Balaban J connectivity index is 1.38. The van der Waals surface area contributed by atoms with Crippen LogP contribution in [-0.2, 0) is 24.6 Å². The molecule has 9 atom stereocenters. The van der Waals surface area contributed by atoms with Crippen molar-refractivity contribution in [2.45, 2.75) is 69.7 Å². The summed E-state index contributed by atoms with van der Waals surface area (Å²) in [6, 6.07) is 6.85. The van der Waals surface area contributed by atoms with Gasteiger partial charge < -0.3 is 20.4 Å². The summed E-state index contributed by atoms with van der Waals surface area (Å²) in [6.07, 6.45) is 0.752. The second kappa shape index (κ2) is 8.77. The Hall–Kier alpha value is -3.48. The van der Waals surface area contributed by atoms with E-state index in [1.165, 1.54) is 4.90 Å². The molecule has 4 amide bonds. The first-order valence-corrected chi connectivity index (χ1v) is 13.8. The molecule has 0 radical (unpaired) electrons. The summed E-state index contributed by atoms with van der Waals surface area (Å²) in [7, 11) is 0. The van der Waals surface area contributed by atoms with E-state index >= 15 is 4.39 Å². The minimum Gasteiger partial charge on any atom is -0.346 e. The van der Waals surface area contributed by atoms with Crippen LogP contribution >= 0.6 is 0 Å². The molecular formula is C29H34FN5O4. The quantitative estimate of drug-likeness (QED) is 0.571. The molecule has 2 N–H and O–H groups in total. The number of amides is 4. The molecule has 3 aliphatic heterocycles. The Kier molecular flexibility index (Phi) is 5.79. The number of hydrogen-bond donors (Lipinski definition) is 2. The van der Waals surface area contributed by atoms with Crippen LogP contribution in [0.2, 0.25) is 0 Å². The van der Waals surface area contributed by atoms with Crippen molar-refractivity contribution in [2.24, 2.45) is 29.1 Å². The number of rotatable bonds is 4. The van der Waals surface area contributed by atoms with Crippen molar-refractivity contribution in [1.82, 2.24) is 15.1 Å². The fourth-order valence-electron chi connectivity index (χ4n) is 8.33. The Morgan fingerprint density at radius 2 is 1.97 bits per heavy atom. The lowest BCUT2D eigenvalue weighted by Crippen LogP contribution is -2.58. The summed E-state index contributed by atoms with van der Waals surface area (Å²) >= 11 is 0. The summed E-state index contributed by atoms with van der Waals surface area (Å²) in [5, 5.41) is 15.7. The molecule has 1 spiro atoms. The Labute approximate surface area is 227 Å². The fourth-order valence-corrected chi connectivity index (χ4v) is 8.33. The summed E-state index contributed by atoms with van der Waals surface area (Å²) in [4.78, 5) is 56.2. The van der Waals surface area contributed by atoms with Crippen LogP contribution < -0.4 is 10.6 Å². The number of fused-ring (bicyclic) bond motifs is 7. The van der Waals surface area contributed by atoms with E-state index in [2.05, 4.69) is 16.7 Å². The molecule has 10 heteroatoms. The zero-order chi connectivity index (χ0) is 27.9. The van der Waals surface area contributed by atoms with Gasteiger partial charge in [-0.2, -0.15) is 5.26 Å². The van der Waals surface area contributed by atoms with E-state index in [1.54, 1.807) is 11.0 Å². The number of para-hydroxylation sites is 1. The van der Waals surface area contributed by atoms with Gasteiger partial charge in [0.1, 0.15) is 24.3 Å². The molecule has 2 saturated carbocycles. The number of carbonyl (C=O) groups excluding carboxylic acids is 4. The SMILES string of the molecule is CC(C)(C)C(NC=O)C(=O)N1CC2C3CC(F)C(C3)C2C1C(=O)N1CC2(CC1C#N)C(=O)Nc1ccccc12. The highest BCUT2D eigenvalue weighted by molar-refractivity contribution is 6.07. The van der Waals surface area contributed by atoms with Gasteiger partial charge in [-0.3, -0.25) is 19.2 Å². The van der Waals surface area contributed by atoms with Crippen molar-refractivity contribution in [3.05, 3.63) is 29.8 Å². The number of hydrogen-bond acceptors (Lipinski definition) is 5. The van der Waals surface area contributed by atoms with Crippen LogP contribution in [-0.4, -0.2) is 71.3 Å². The Bertz CT molecular complexity index is 1290. The molecule has 206 valence electrons. The molecule has 3 heterocycles. The van der Waals surface area contributed by atoms with Gasteiger partial charge in [0, 0.05) is 25.2 Å². The van der Waals surface area contributed by atoms with E-state index in [4.69, 9.17) is 0 Å². The van der Waals surface area contributed by atoms with E-state index in [9.17, 15) is 24.4 Å². The predicted molar refractivity (Wildman–Crippen MR) is 139 cm³/mol. The first-order chi connectivity index (χ1) is 18.5. The molecule has 1 aromatic carbocycles. The molecule has 0 aromatic heterocycles. The van der Waals surface area contributed by atoms with Gasteiger partial charge >= 0.3 is 0 Å². The van der Waals surface area contributed by atoms with Gasteiger partial charge in [0.2, 0.25) is 24.1 Å². The van der Waals surface area contributed by atoms with Gasteiger partial charge in [-0.05, 0) is 53.6 Å². The third-order valence-electron chi connectivity index (χ3n) is 10.1.